The van der Waals surface area contributed by atoms with Crippen molar-refractivity contribution in [2.24, 2.45) is 5.73 Å². The topological polar surface area (TPSA) is 127 Å². The largest absolute Gasteiger partial charge is 0.466 e. The Bertz CT molecular complexity index is 1580. The Labute approximate surface area is 216 Å². The number of rotatable bonds is 5. The van der Waals surface area contributed by atoms with Crippen LogP contribution in [-0.4, -0.2) is 23.6 Å². The van der Waals surface area contributed by atoms with Crippen LogP contribution in [0.5, 0.6) is 0 Å². The number of amides is 1. The number of carbonyl (C=O) groups is 2. The number of halogens is 1. The van der Waals surface area contributed by atoms with Crippen LogP contribution in [0.4, 0.5) is 0 Å². The van der Waals surface area contributed by atoms with E-state index in [2.05, 4.69) is 16.1 Å². The minimum atomic E-state index is -0.923. The number of benzene rings is 2. The van der Waals surface area contributed by atoms with E-state index < -0.39 is 23.4 Å². The number of nitrogens with zero attached hydrogens (tertiary/aromatic N) is 2. The molecule has 0 saturated carbocycles. The summed E-state index contributed by atoms with van der Waals surface area (Å²) in [5.74, 6) is -2.29. The SMILES string of the molecule is C.COC(=O)/C=c1\sc2n(c1=O)C(N)=C(C#N)C(c1ccccc1Cl)C=2C(=O)NCc1ccccc1. The molecule has 10 heteroatoms. The number of ether oxygens (including phenoxy) is 1. The third-order valence-corrected chi connectivity index (χ3v) is 6.93. The molecule has 184 valence electrons. The average Bonchev–Trinajstić information content (AvgIpc) is 3.19. The number of hydrogen-bond acceptors (Lipinski definition) is 7. The van der Waals surface area contributed by atoms with Crippen LogP contribution in [0, 0.1) is 11.3 Å². The van der Waals surface area contributed by atoms with Crippen LogP contribution in [0.2, 0.25) is 5.02 Å². The normalized spacial score (nSPS) is 15.0. The van der Waals surface area contributed by atoms with Gasteiger partial charge in [0, 0.05) is 17.6 Å². The quantitative estimate of drug-likeness (QED) is 0.494. The molecule has 1 unspecified atom stereocenters. The van der Waals surface area contributed by atoms with Gasteiger partial charge in [-0.1, -0.05) is 67.6 Å². The van der Waals surface area contributed by atoms with Crippen molar-refractivity contribution in [2.45, 2.75) is 19.9 Å². The van der Waals surface area contributed by atoms with Gasteiger partial charge in [0.05, 0.1) is 30.2 Å². The molecule has 1 aliphatic rings. The highest BCUT2D eigenvalue weighted by molar-refractivity contribution is 7.07. The summed E-state index contributed by atoms with van der Waals surface area (Å²) in [4.78, 5) is 38.6. The number of esters is 1. The van der Waals surface area contributed by atoms with Crippen molar-refractivity contribution >= 4 is 52.3 Å². The predicted molar refractivity (Wildman–Crippen MR) is 140 cm³/mol. The lowest BCUT2D eigenvalue weighted by atomic mass is 9.83. The van der Waals surface area contributed by atoms with Crippen LogP contribution >= 0.6 is 22.9 Å². The molecule has 2 aromatic carbocycles. The molecule has 1 aromatic heterocycles. The molecular weight excluding hydrogens is 500 g/mol. The van der Waals surface area contributed by atoms with E-state index in [1.165, 1.54) is 7.11 Å². The van der Waals surface area contributed by atoms with E-state index in [0.29, 0.717) is 10.6 Å². The van der Waals surface area contributed by atoms with Gasteiger partial charge >= 0.3 is 5.97 Å². The van der Waals surface area contributed by atoms with Gasteiger partial charge < -0.3 is 15.8 Å². The van der Waals surface area contributed by atoms with Crippen molar-refractivity contribution in [3.63, 3.8) is 0 Å². The second-order valence-electron chi connectivity index (χ2n) is 7.53. The van der Waals surface area contributed by atoms with Gasteiger partial charge in [-0.3, -0.25) is 14.2 Å². The summed E-state index contributed by atoms with van der Waals surface area (Å²) in [6, 6.07) is 18.2. The van der Waals surface area contributed by atoms with Gasteiger partial charge in [-0.2, -0.15) is 5.26 Å². The van der Waals surface area contributed by atoms with Crippen LogP contribution in [0.1, 0.15) is 24.5 Å². The Kier molecular flexibility index (Phi) is 8.14. The number of aromatic nitrogens is 1. The van der Waals surface area contributed by atoms with E-state index in [4.69, 9.17) is 17.3 Å². The smallest absolute Gasteiger partial charge is 0.332 e. The maximum absolute atomic E-state index is 13.6. The standard InChI is InChI=1S/C25H19ClN4O4S.CH4/c1-34-19(31)11-18-24(33)30-22(28)16(12-27)20(15-9-5-6-10-17(15)26)21(25(30)35-18)23(32)29-13-14-7-3-2-4-8-14;/h2-11,20H,13,28H2,1H3,(H,29,32);1H4/b18-11-;. The minimum Gasteiger partial charge on any atom is -0.466 e. The molecule has 1 atom stereocenters. The number of nitrogens with two attached hydrogens (primary N) is 1. The first-order valence-corrected chi connectivity index (χ1v) is 11.6. The van der Waals surface area contributed by atoms with Crippen LogP contribution in [-0.2, 0) is 20.9 Å². The number of carbonyl (C=O) groups excluding carboxylic acids is 2. The number of thiazole rings is 1. The minimum absolute atomic E-state index is 0. The summed E-state index contributed by atoms with van der Waals surface area (Å²) in [5, 5.41) is 13.2. The lowest BCUT2D eigenvalue weighted by molar-refractivity contribution is -0.133. The van der Waals surface area contributed by atoms with Crippen LogP contribution < -0.4 is 25.8 Å². The molecule has 0 saturated heterocycles. The Morgan fingerprint density at radius 2 is 1.89 bits per heavy atom. The Morgan fingerprint density at radius 1 is 1.22 bits per heavy atom. The van der Waals surface area contributed by atoms with E-state index in [9.17, 15) is 19.6 Å². The predicted octanol–water partition coefficient (Wildman–Crippen LogP) is 2.07. The molecule has 0 fully saturated rings. The summed E-state index contributed by atoms with van der Waals surface area (Å²) in [6.07, 6.45) is 1.03. The van der Waals surface area contributed by atoms with Gasteiger partial charge in [0.2, 0.25) is 0 Å². The summed E-state index contributed by atoms with van der Waals surface area (Å²) in [5.41, 5.74) is 7.15. The van der Waals surface area contributed by atoms with Gasteiger partial charge in [-0.05, 0) is 17.2 Å². The van der Waals surface area contributed by atoms with E-state index in [-0.39, 0.29) is 40.1 Å². The number of allylic oxidation sites excluding steroid dienone is 1. The zero-order valence-electron chi connectivity index (χ0n) is 18.4. The number of fused-ring (bicyclic) bond motifs is 1. The molecule has 4 rings (SSSR count). The highest BCUT2D eigenvalue weighted by Gasteiger charge is 2.36. The molecule has 0 spiro atoms. The van der Waals surface area contributed by atoms with Gasteiger partial charge in [0.15, 0.2) is 0 Å². The Balaban J connectivity index is 0.00000361. The molecule has 0 bridgehead atoms. The molecule has 3 aromatic rings. The van der Waals surface area contributed by atoms with Crippen molar-refractivity contribution in [3.8, 4) is 6.07 Å². The van der Waals surface area contributed by atoms with Crippen molar-refractivity contribution in [3.05, 3.63) is 95.9 Å². The fraction of sp³-hybridized carbons (Fsp3) is 0.154. The lowest BCUT2D eigenvalue weighted by Crippen LogP contribution is -2.42. The van der Waals surface area contributed by atoms with E-state index in [0.717, 1.165) is 27.5 Å². The van der Waals surface area contributed by atoms with E-state index in [1.54, 1.807) is 24.3 Å². The second kappa shape index (κ2) is 11.1. The number of nitriles is 1. The number of hydrogen-bond donors (Lipinski definition) is 2. The van der Waals surface area contributed by atoms with Crippen molar-refractivity contribution in [2.75, 3.05) is 7.11 Å². The summed E-state index contributed by atoms with van der Waals surface area (Å²) < 4.78 is 5.95. The average molecular weight is 523 g/mol. The lowest BCUT2D eigenvalue weighted by Gasteiger charge is -2.26. The van der Waals surface area contributed by atoms with Gasteiger partial charge in [-0.15, -0.1) is 11.3 Å². The molecule has 8 nitrogen and oxygen atoms in total. The Morgan fingerprint density at radius 3 is 2.53 bits per heavy atom. The molecular formula is C26H23ClN4O4S. The second-order valence-corrected chi connectivity index (χ2v) is 8.96. The molecule has 36 heavy (non-hydrogen) atoms. The fourth-order valence-electron chi connectivity index (χ4n) is 3.83. The third-order valence-electron chi connectivity index (χ3n) is 5.48. The third kappa shape index (κ3) is 4.82. The Hall–Kier alpha value is -4.13. The van der Waals surface area contributed by atoms with Crippen molar-refractivity contribution in [1.82, 2.24) is 9.88 Å². The van der Waals surface area contributed by atoms with Crippen molar-refractivity contribution < 1.29 is 14.3 Å². The first-order valence-electron chi connectivity index (χ1n) is 10.4. The molecule has 0 aliphatic carbocycles. The summed E-state index contributed by atoms with van der Waals surface area (Å²) in [6.45, 7) is 0.219. The molecule has 0 radical (unpaired) electrons. The summed E-state index contributed by atoms with van der Waals surface area (Å²) in [7, 11) is 1.19. The number of nitrogens with one attached hydrogen (secondary N) is 1. The zero-order chi connectivity index (χ0) is 25.1. The molecule has 2 heterocycles. The summed E-state index contributed by atoms with van der Waals surface area (Å²) >= 11 is 7.39. The van der Waals surface area contributed by atoms with Crippen LogP contribution in [0.15, 0.2) is 65.0 Å². The van der Waals surface area contributed by atoms with E-state index in [1.807, 2.05) is 30.3 Å². The monoisotopic (exact) mass is 522 g/mol. The zero-order valence-corrected chi connectivity index (χ0v) is 20.0. The maximum atomic E-state index is 13.6. The van der Waals surface area contributed by atoms with Crippen molar-refractivity contribution in [1.29, 1.82) is 5.26 Å². The molecule has 3 N–H and O–H groups in total. The molecule has 1 amide bonds. The first-order chi connectivity index (χ1) is 16.9. The van der Waals surface area contributed by atoms with Crippen LogP contribution in [0.3, 0.4) is 0 Å². The number of methoxy groups -OCH3 is 1. The fourth-order valence-corrected chi connectivity index (χ4v) is 5.21. The van der Waals surface area contributed by atoms with E-state index >= 15 is 0 Å². The maximum Gasteiger partial charge on any atom is 0.332 e. The van der Waals surface area contributed by atoms with Crippen LogP contribution in [0.25, 0.3) is 17.5 Å². The highest BCUT2D eigenvalue weighted by Crippen LogP contribution is 2.39. The highest BCUT2D eigenvalue weighted by atomic mass is 35.5. The van der Waals surface area contributed by atoms with Gasteiger partial charge in [0.1, 0.15) is 15.0 Å². The van der Waals surface area contributed by atoms with Gasteiger partial charge in [0.25, 0.3) is 11.5 Å². The van der Waals surface area contributed by atoms with Gasteiger partial charge in [-0.25, -0.2) is 4.79 Å². The molecule has 1 aliphatic heterocycles. The first kappa shape index (κ1) is 26.5.